The number of nitrogens with zero attached hydrogens (tertiary/aromatic N) is 2. The number of hydrogen-bond donors (Lipinski definition) is 0. The van der Waals surface area contributed by atoms with Crippen molar-refractivity contribution >= 4 is 54.4 Å². The summed E-state index contributed by atoms with van der Waals surface area (Å²) in [5.74, 6) is -0.375. The Labute approximate surface area is 182 Å². The van der Waals surface area contributed by atoms with E-state index < -0.39 is 15.3 Å². The number of carbonyl (C=O) groups excluding carboxylic acids is 1. The maximum atomic E-state index is 13.5. The monoisotopic (exact) mass is 496 g/mol. The summed E-state index contributed by atoms with van der Waals surface area (Å²) in [7, 11) is -2.59. The van der Waals surface area contributed by atoms with Crippen molar-refractivity contribution in [3.05, 3.63) is 76.1 Å². The van der Waals surface area contributed by atoms with Crippen LogP contribution in [0, 0.1) is 0 Å². The highest BCUT2D eigenvalue weighted by molar-refractivity contribution is 9.10. The van der Waals surface area contributed by atoms with Crippen LogP contribution in [0.2, 0.25) is 5.02 Å². The van der Waals surface area contributed by atoms with Gasteiger partial charge in [0.2, 0.25) is 10.0 Å². The maximum Gasteiger partial charge on any atom is 0.305 e. The number of ether oxygens (including phenoxy) is 1. The minimum atomic E-state index is -3.91. The fraction of sp³-hybridized carbons (Fsp3) is 0.200. The summed E-state index contributed by atoms with van der Waals surface area (Å²) in [6, 6.07) is 6.66. The first-order valence-electron chi connectivity index (χ1n) is 8.61. The molecule has 6 nitrogen and oxygen atoms in total. The van der Waals surface area contributed by atoms with E-state index in [0.29, 0.717) is 37.9 Å². The van der Waals surface area contributed by atoms with E-state index in [-0.39, 0.29) is 12.4 Å². The Balaban J connectivity index is 2.14. The number of fused-ring (bicyclic) bond motifs is 1. The van der Waals surface area contributed by atoms with E-state index in [4.69, 9.17) is 16.3 Å². The number of methoxy groups -OCH3 is 1. The zero-order valence-electron chi connectivity index (χ0n) is 15.5. The van der Waals surface area contributed by atoms with Crippen LogP contribution in [0.15, 0.2) is 60.0 Å². The highest BCUT2D eigenvalue weighted by Gasteiger charge is 2.29. The zero-order valence-corrected chi connectivity index (χ0v) is 18.7. The van der Waals surface area contributed by atoms with Crippen LogP contribution < -0.4 is 0 Å². The van der Waals surface area contributed by atoms with Crippen LogP contribution in [0.3, 0.4) is 0 Å². The molecule has 3 aromatic rings. The van der Waals surface area contributed by atoms with Crippen molar-refractivity contribution in [2.75, 3.05) is 7.11 Å². The minimum Gasteiger partial charge on any atom is -0.469 e. The van der Waals surface area contributed by atoms with Gasteiger partial charge < -0.3 is 4.74 Å². The third-order valence-electron chi connectivity index (χ3n) is 4.50. The normalized spacial score (nSPS) is 12.7. The number of carbonyl (C=O) groups is 1. The van der Waals surface area contributed by atoms with Crippen LogP contribution in [-0.4, -0.2) is 30.5 Å². The van der Waals surface area contributed by atoms with Crippen LogP contribution >= 0.6 is 27.5 Å². The second-order valence-electron chi connectivity index (χ2n) is 6.33. The third kappa shape index (κ3) is 4.39. The van der Waals surface area contributed by atoms with Crippen LogP contribution in [0.4, 0.5) is 0 Å². The van der Waals surface area contributed by atoms with Gasteiger partial charge in [0.25, 0.3) is 0 Å². The SMILES string of the molecule is C=CC(c1cncc(Br)c1)S(=O)(=O)n1cc(CCC(=O)OC)c2cc(Cl)ccc21. The summed E-state index contributed by atoms with van der Waals surface area (Å²) in [6.45, 7) is 3.71. The van der Waals surface area contributed by atoms with Crippen LogP contribution in [0.5, 0.6) is 0 Å². The Morgan fingerprint density at radius 3 is 2.79 bits per heavy atom. The lowest BCUT2D eigenvalue weighted by molar-refractivity contribution is -0.140. The number of aryl methyl sites for hydroxylation is 1. The molecule has 1 aromatic carbocycles. The Hall–Kier alpha value is -2.16. The predicted molar refractivity (Wildman–Crippen MR) is 116 cm³/mol. The number of esters is 1. The Morgan fingerprint density at radius 1 is 1.38 bits per heavy atom. The first-order valence-corrected chi connectivity index (χ1v) is 11.3. The molecule has 0 saturated heterocycles. The van der Waals surface area contributed by atoms with Crippen molar-refractivity contribution in [3.63, 3.8) is 0 Å². The number of pyridine rings is 1. The van der Waals surface area contributed by atoms with Gasteiger partial charge in [-0.1, -0.05) is 17.7 Å². The van der Waals surface area contributed by atoms with Crippen molar-refractivity contribution in [2.45, 2.75) is 18.1 Å². The number of rotatable bonds is 7. The molecule has 0 aliphatic rings. The smallest absolute Gasteiger partial charge is 0.305 e. The first-order chi connectivity index (χ1) is 13.8. The van der Waals surface area contributed by atoms with Crippen LogP contribution in [0.1, 0.15) is 22.8 Å². The lowest BCUT2D eigenvalue weighted by atomic mass is 10.1. The van der Waals surface area contributed by atoms with Gasteiger partial charge in [0.1, 0.15) is 5.25 Å². The molecule has 0 radical (unpaired) electrons. The summed E-state index contributed by atoms with van der Waals surface area (Å²) >= 11 is 9.45. The van der Waals surface area contributed by atoms with Crippen molar-refractivity contribution < 1.29 is 17.9 Å². The van der Waals surface area contributed by atoms with Gasteiger partial charge in [-0.15, -0.1) is 6.58 Å². The van der Waals surface area contributed by atoms with E-state index in [2.05, 4.69) is 27.5 Å². The number of aromatic nitrogens is 2. The molecule has 1 unspecified atom stereocenters. The number of hydrogen-bond acceptors (Lipinski definition) is 5. The average molecular weight is 498 g/mol. The molecule has 29 heavy (non-hydrogen) atoms. The third-order valence-corrected chi connectivity index (χ3v) is 7.13. The summed E-state index contributed by atoms with van der Waals surface area (Å²) < 4.78 is 33.6. The average Bonchev–Trinajstić information content (AvgIpc) is 3.05. The topological polar surface area (TPSA) is 78.3 Å². The van der Waals surface area contributed by atoms with Gasteiger partial charge in [0, 0.05) is 39.9 Å². The summed E-state index contributed by atoms with van der Waals surface area (Å²) in [4.78, 5) is 15.6. The van der Waals surface area contributed by atoms with Gasteiger partial charge in [0.05, 0.1) is 12.6 Å². The van der Waals surface area contributed by atoms with Crippen molar-refractivity contribution in [3.8, 4) is 0 Å². The summed E-state index contributed by atoms with van der Waals surface area (Å²) in [6.07, 6.45) is 6.42. The van der Waals surface area contributed by atoms with Gasteiger partial charge in [0.15, 0.2) is 0 Å². The quantitative estimate of drug-likeness (QED) is 0.350. The highest BCUT2D eigenvalue weighted by atomic mass is 79.9. The van der Waals surface area contributed by atoms with Gasteiger partial charge in [-0.2, -0.15) is 0 Å². The van der Waals surface area contributed by atoms with Gasteiger partial charge >= 0.3 is 5.97 Å². The number of halogens is 2. The van der Waals surface area contributed by atoms with Crippen molar-refractivity contribution in [2.24, 2.45) is 0 Å². The molecule has 0 aliphatic carbocycles. The van der Waals surface area contributed by atoms with E-state index in [1.807, 2.05) is 0 Å². The molecule has 1 atom stereocenters. The molecule has 0 N–H and O–H groups in total. The second-order valence-corrected chi connectivity index (χ2v) is 9.61. The van der Waals surface area contributed by atoms with E-state index in [1.54, 1.807) is 30.5 Å². The van der Waals surface area contributed by atoms with Gasteiger partial charge in [-0.05, 0) is 57.7 Å². The fourth-order valence-electron chi connectivity index (χ4n) is 3.12. The molecule has 9 heteroatoms. The first kappa shape index (κ1) is 21.5. The largest absolute Gasteiger partial charge is 0.469 e. The molecule has 2 aromatic heterocycles. The molecule has 0 aliphatic heterocycles. The predicted octanol–water partition coefficient (Wildman–Crippen LogP) is 4.66. The van der Waals surface area contributed by atoms with Gasteiger partial charge in [-0.3, -0.25) is 9.78 Å². The van der Waals surface area contributed by atoms with Gasteiger partial charge in [-0.25, -0.2) is 12.4 Å². The molecule has 0 bridgehead atoms. The van der Waals surface area contributed by atoms with Crippen LogP contribution in [0.25, 0.3) is 10.9 Å². The second kappa shape index (κ2) is 8.69. The lowest BCUT2D eigenvalue weighted by Crippen LogP contribution is -2.19. The Morgan fingerprint density at radius 2 is 2.14 bits per heavy atom. The molecule has 0 saturated carbocycles. The molecular weight excluding hydrogens is 480 g/mol. The molecular formula is C20H18BrClN2O4S. The summed E-state index contributed by atoms with van der Waals surface area (Å²) in [5.41, 5.74) is 1.65. The highest BCUT2D eigenvalue weighted by Crippen LogP contribution is 2.33. The zero-order chi connectivity index (χ0) is 21.2. The molecule has 152 valence electrons. The fourth-order valence-corrected chi connectivity index (χ4v) is 5.35. The van der Waals surface area contributed by atoms with E-state index in [9.17, 15) is 13.2 Å². The van der Waals surface area contributed by atoms with E-state index >= 15 is 0 Å². The maximum absolute atomic E-state index is 13.5. The Bertz CT molecular complexity index is 1190. The molecule has 3 rings (SSSR count). The van der Waals surface area contributed by atoms with E-state index in [1.165, 1.54) is 29.6 Å². The Kier molecular flexibility index (Phi) is 6.45. The minimum absolute atomic E-state index is 0.128. The molecule has 2 heterocycles. The summed E-state index contributed by atoms with van der Waals surface area (Å²) in [5, 5.41) is 0.135. The van der Waals surface area contributed by atoms with Crippen molar-refractivity contribution in [1.29, 1.82) is 0 Å². The molecule has 0 fully saturated rings. The number of benzene rings is 1. The molecule has 0 amide bonds. The lowest BCUT2D eigenvalue weighted by Gasteiger charge is -2.16. The van der Waals surface area contributed by atoms with Crippen LogP contribution in [-0.2, 0) is 26.0 Å². The molecule has 0 spiro atoms. The standard InChI is InChI=1S/C20H18BrClN2O4S/c1-3-19(14-8-15(21)11-23-10-14)29(26,27)24-12-13(4-7-20(25)28-2)17-9-16(22)5-6-18(17)24/h3,5-6,8-12,19H,1,4,7H2,2H3. The van der Waals surface area contributed by atoms with E-state index in [0.717, 1.165) is 0 Å². The van der Waals surface area contributed by atoms with Crippen molar-refractivity contribution in [1.82, 2.24) is 8.96 Å².